The lowest BCUT2D eigenvalue weighted by Gasteiger charge is -2.15. The normalized spacial score (nSPS) is 11.5. The SMILES string of the molecule is C=C(NCCc1ccc(NCc2nc3ccc(Cl)cc3[nH]2)cc1)c1c(N=CN)cnn1C(C)C. The number of nitrogens with one attached hydrogen (secondary N) is 3. The number of nitrogens with zero attached hydrogens (tertiary/aromatic N) is 4. The van der Waals surface area contributed by atoms with Gasteiger partial charge in [-0.3, -0.25) is 4.68 Å². The number of imidazole rings is 1. The summed E-state index contributed by atoms with van der Waals surface area (Å²) < 4.78 is 1.90. The zero-order valence-electron chi connectivity index (χ0n) is 19.3. The highest BCUT2D eigenvalue weighted by Gasteiger charge is 2.15. The topological polar surface area (TPSA) is 109 Å². The molecular formula is C25H29ClN8. The molecule has 5 N–H and O–H groups in total. The number of nitrogens with two attached hydrogens (primary N) is 1. The molecule has 0 fully saturated rings. The molecule has 0 saturated heterocycles. The van der Waals surface area contributed by atoms with Crippen molar-refractivity contribution >= 4 is 46.0 Å². The summed E-state index contributed by atoms with van der Waals surface area (Å²) in [5, 5.41) is 11.9. The lowest BCUT2D eigenvalue weighted by Crippen LogP contribution is -2.18. The van der Waals surface area contributed by atoms with Crippen LogP contribution >= 0.6 is 11.6 Å². The summed E-state index contributed by atoms with van der Waals surface area (Å²) in [6.07, 6.45) is 3.84. The third-order valence-electron chi connectivity index (χ3n) is 5.42. The molecule has 0 atom stereocenters. The molecule has 0 radical (unpaired) electrons. The second-order valence-electron chi connectivity index (χ2n) is 8.25. The van der Waals surface area contributed by atoms with Crippen molar-refractivity contribution in [2.75, 3.05) is 11.9 Å². The molecule has 0 unspecified atom stereocenters. The molecule has 0 bridgehead atoms. The molecule has 34 heavy (non-hydrogen) atoms. The fourth-order valence-electron chi connectivity index (χ4n) is 3.75. The second kappa shape index (κ2) is 10.4. The quantitative estimate of drug-likeness (QED) is 0.189. The van der Waals surface area contributed by atoms with Gasteiger partial charge in [0.2, 0.25) is 0 Å². The number of H-pyrrole nitrogens is 1. The lowest BCUT2D eigenvalue weighted by atomic mass is 10.1. The second-order valence-corrected chi connectivity index (χ2v) is 8.68. The molecular weight excluding hydrogens is 448 g/mol. The Morgan fingerprint density at radius 2 is 2.06 bits per heavy atom. The van der Waals surface area contributed by atoms with Crippen LogP contribution in [0.15, 0.2) is 60.2 Å². The molecule has 0 spiro atoms. The fraction of sp³-hybridized carbons (Fsp3) is 0.240. The predicted molar refractivity (Wildman–Crippen MR) is 141 cm³/mol. The van der Waals surface area contributed by atoms with E-state index in [1.54, 1.807) is 6.20 Å². The van der Waals surface area contributed by atoms with Crippen LogP contribution in [0.4, 0.5) is 11.4 Å². The molecule has 8 nitrogen and oxygen atoms in total. The van der Waals surface area contributed by atoms with Crippen molar-refractivity contribution in [3.05, 3.63) is 77.3 Å². The number of fused-ring (bicyclic) bond motifs is 1. The highest BCUT2D eigenvalue weighted by Crippen LogP contribution is 2.26. The van der Waals surface area contributed by atoms with Crippen LogP contribution in [-0.4, -0.2) is 32.6 Å². The standard InChI is InChI=1S/C25H29ClN8/c1-16(2)34-25(23(13-31-34)30-15-27)17(3)28-11-10-18-4-7-20(8-5-18)29-14-24-32-21-9-6-19(26)12-22(21)33-24/h4-9,12-13,15-16,28-29H,3,10-11,14H2,1-2H3,(H2,27,30)(H,32,33). The average molecular weight is 477 g/mol. The minimum Gasteiger partial charge on any atom is -0.390 e. The zero-order valence-corrected chi connectivity index (χ0v) is 20.1. The molecule has 2 aromatic carbocycles. The molecule has 2 aromatic heterocycles. The van der Waals surface area contributed by atoms with E-state index >= 15 is 0 Å². The molecule has 0 amide bonds. The minimum atomic E-state index is 0.188. The van der Waals surface area contributed by atoms with E-state index in [-0.39, 0.29) is 6.04 Å². The summed E-state index contributed by atoms with van der Waals surface area (Å²) >= 11 is 6.05. The van der Waals surface area contributed by atoms with Gasteiger partial charge in [-0.1, -0.05) is 30.3 Å². The van der Waals surface area contributed by atoms with Gasteiger partial charge in [0, 0.05) is 23.3 Å². The van der Waals surface area contributed by atoms with Crippen molar-refractivity contribution in [2.24, 2.45) is 10.7 Å². The molecule has 176 valence electrons. The van der Waals surface area contributed by atoms with Crippen molar-refractivity contribution in [3.8, 4) is 0 Å². The van der Waals surface area contributed by atoms with Crippen LogP contribution in [0.1, 0.15) is 37.0 Å². The van der Waals surface area contributed by atoms with E-state index in [9.17, 15) is 0 Å². The highest BCUT2D eigenvalue weighted by molar-refractivity contribution is 6.31. The van der Waals surface area contributed by atoms with Crippen molar-refractivity contribution in [1.29, 1.82) is 0 Å². The van der Waals surface area contributed by atoms with Crippen molar-refractivity contribution in [1.82, 2.24) is 25.1 Å². The largest absolute Gasteiger partial charge is 0.390 e. The van der Waals surface area contributed by atoms with Crippen molar-refractivity contribution < 1.29 is 0 Å². The van der Waals surface area contributed by atoms with Crippen LogP contribution in [0, 0.1) is 0 Å². The van der Waals surface area contributed by atoms with E-state index in [1.807, 2.05) is 22.9 Å². The van der Waals surface area contributed by atoms with Crippen molar-refractivity contribution in [2.45, 2.75) is 32.9 Å². The summed E-state index contributed by atoms with van der Waals surface area (Å²) in [7, 11) is 0. The van der Waals surface area contributed by atoms with E-state index < -0.39 is 0 Å². The summed E-state index contributed by atoms with van der Waals surface area (Å²) in [5.74, 6) is 0.864. The van der Waals surface area contributed by atoms with E-state index in [2.05, 4.69) is 75.4 Å². The van der Waals surface area contributed by atoms with Gasteiger partial charge in [0.15, 0.2) is 0 Å². The van der Waals surface area contributed by atoms with Crippen LogP contribution in [-0.2, 0) is 13.0 Å². The molecule has 9 heteroatoms. The third-order valence-corrected chi connectivity index (χ3v) is 5.66. The molecule has 2 heterocycles. The number of aromatic nitrogens is 4. The van der Waals surface area contributed by atoms with Crippen LogP contribution < -0.4 is 16.4 Å². The molecule has 0 aliphatic heterocycles. The predicted octanol–water partition coefficient (Wildman–Crippen LogP) is 5.03. The molecule has 0 aliphatic carbocycles. The Balaban J connectivity index is 1.30. The van der Waals surface area contributed by atoms with Gasteiger partial charge in [0.05, 0.1) is 35.8 Å². The highest BCUT2D eigenvalue weighted by atomic mass is 35.5. The first-order valence-electron chi connectivity index (χ1n) is 11.2. The van der Waals surface area contributed by atoms with E-state index in [0.717, 1.165) is 46.9 Å². The molecule has 0 saturated carbocycles. The van der Waals surface area contributed by atoms with Gasteiger partial charge in [-0.05, 0) is 56.2 Å². The van der Waals surface area contributed by atoms with Crippen molar-refractivity contribution in [3.63, 3.8) is 0 Å². The summed E-state index contributed by atoms with van der Waals surface area (Å²) in [5.41, 5.74) is 11.9. The van der Waals surface area contributed by atoms with Crippen LogP contribution in [0.2, 0.25) is 5.02 Å². The molecule has 4 aromatic rings. The number of hydrogen-bond donors (Lipinski definition) is 4. The Morgan fingerprint density at radius 1 is 1.26 bits per heavy atom. The zero-order chi connectivity index (χ0) is 24.1. The monoisotopic (exact) mass is 476 g/mol. The third kappa shape index (κ3) is 5.40. The summed E-state index contributed by atoms with van der Waals surface area (Å²) in [4.78, 5) is 12.1. The van der Waals surface area contributed by atoms with Gasteiger partial charge < -0.3 is 21.4 Å². The van der Waals surface area contributed by atoms with Crippen LogP contribution in [0.25, 0.3) is 16.7 Å². The van der Waals surface area contributed by atoms with Gasteiger partial charge in [0.1, 0.15) is 17.2 Å². The fourth-order valence-corrected chi connectivity index (χ4v) is 3.92. The van der Waals surface area contributed by atoms with Crippen LogP contribution in [0.3, 0.4) is 0 Å². The van der Waals surface area contributed by atoms with Gasteiger partial charge in [-0.25, -0.2) is 9.98 Å². The number of benzene rings is 2. The van der Waals surface area contributed by atoms with Gasteiger partial charge in [-0.2, -0.15) is 5.10 Å². The van der Waals surface area contributed by atoms with E-state index in [4.69, 9.17) is 17.3 Å². The number of anilines is 1. The first-order chi connectivity index (χ1) is 16.4. The van der Waals surface area contributed by atoms with E-state index in [0.29, 0.717) is 17.3 Å². The average Bonchev–Trinajstić information content (AvgIpc) is 3.42. The smallest absolute Gasteiger partial charge is 0.126 e. The number of aromatic amines is 1. The van der Waals surface area contributed by atoms with Gasteiger partial charge in [-0.15, -0.1) is 0 Å². The van der Waals surface area contributed by atoms with E-state index in [1.165, 1.54) is 11.9 Å². The van der Waals surface area contributed by atoms with Crippen LogP contribution in [0.5, 0.6) is 0 Å². The summed E-state index contributed by atoms with van der Waals surface area (Å²) in [6, 6.07) is 14.2. The lowest BCUT2D eigenvalue weighted by molar-refractivity contribution is 0.525. The Labute approximate surface area is 203 Å². The first kappa shape index (κ1) is 23.4. The first-order valence-corrected chi connectivity index (χ1v) is 11.5. The maximum atomic E-state index is 6.05. The molecule has 4 rings (SSSR count). The Morgan fingerprint density at radius 3 is 2.79 bits per heavy atom. The minimum absolute atomic E-state index is 0.188. The number of halogens is 1. The van der Waals surface area contributed by atoms with Gasteiger partial charge >= 0.3 is 0 Å². The Hall–Kier alpha value is -3.78. The number of aliphatic imine (C=N–C) groups is 1. The Bertz CT molecular complexity index is 1300. The maximum absolute atomic E-state index is 6.05. The van der Waals surface area contributed by atoms with Gasteiger partial charge in [0.25, 0.3) is 0 Å². The number of rotatable bonds is 10. The number of hydrogen-bond acceptors (Lipinski definition) is 5. The Kier molecular flexibility index (Phi) is 7.18. The molecule has 0 aliphatic rings. The maximum Gasteiger partial charge on any atom is 0.126 e. The summed E-state index contributed by atoms with van der Waals surface area (Å²) in [6.45, 7) is 9.67.